The van der Waals surface area contributed by atoms with Gasteiger partial charge in [0, 0.05) is 40.3 Å². The molecule has 0 radical (unpaired) electrons. The number of rotatable bonds is 10. The number of Topliss-reactive ketones (excluding diaryl/α,β-unsaturated/α-hetero) is 1. The molecule has 1 aliphatic heterocycles. The van der Waals surface area contributed by atoms with Crippen molar-refractivity contribution >= 4 is 16.7 Å². The number of methoxy groups -OCH3 is 1. The molecule has 3 heterocycles. The second-order valence-corrected chi connectivity index (χ2v) is 10.1. The quantitative estimate of drug-likeness (QED) is 0.353. The molecular formula is C29H37F2N3O3. The molecule has 0 bridgehead atoms. The number of piperidine rings is 1. The van der Waals surface area contributed by atoms with Gasteiger partial charge >= 0.3 is 0 Å². The van der Waals surface area contributed by atoms with E-state index >= 15 is 0 Å². The van der Waals surface area contributed by atoms with Gasteiger partial charge in [-0.1, -0.05) is 25.1 Å². The van der Waals surface area contributed by atoms with E-state index in [9.17, 15) is 18.4 Å². The van der Waals surface area contributed by atoms with Gasteiger partial charge in [0.25, 0.3) is 12.0 Å². The van der Waals surface area contributed by atoms with Gasteiger partial charge in [-0.3, -0.25) is 14.5 Å². The summed E-state index contributed by atoms with van der Waals surface area (Å²) in [5.74, 6) is 0.847. The lowest BCUT2D eigenvalue weighted by molar-refractivity contribution is 0.0614. The van der Waals surface area contributed by atoms with Gasteiger partial charge in [0.15, 0.2) is 5.78 Å². The Kier molecular flexibility index (Phi) is 8.47. The molecule has 200 valence electrons. The van der Waals surface area contributed by atoms with Crippen LogP contribution >= 0.6 is 0 Å². The smallest absolute Gasteiger partial charge is 0.255 e. The zero-order valence-electron chi connectivity index (χ0n) is 22.2. The van der Waals surface area contributed by atoms with Crippen molar-refractivity contribution < 1.29 is 18.3 Å². The van der Waals surface area contributed by atoms with Crippen molar-refractivity contribution in [3.05, 3.63) is 63.2 Å². The predicted octanol–water partition coefficient (Wildman–Crippen LogP) is 5.70. The van der Waals surface area contributed by atoms with Crippen LogP contribution in [0.25, 0.3) is 10.9 Å². The van der Waals surface area contributed by atoms with E-state index in [1.54, 1.807) is 13.0 Å². The number of benzene rings is 1. The van der Waals surface area contributed by atoms with Crippen LogP contribution in [0.3, 0.4) is 0 Å². The first kappa shape index (κ1) is 27.0. The van der Waals surface area contributed by atoms with Crippen molar-refractivity contribution in [2.45, 2.75) is 65.3 Å². The van der Waals surface area contributed by atoms with Crippen LogP contribution in [0.5, 0.6) is 5.75 Å². The summed E-state index contributed by atoms with van der Waals surface area (Å²) in [6, 6.07) is 9.93. The summed E-state index contributed by atoms with van der Waals surface area (Å²) in [7, 11) is 1.53. The maximum atomic E-state index is 13.6. The second-order valence-electron chi connectivity index (χ2n) is 10.1. The van der Waals surface area contributed by atoms with E-state index in [2.05, 4.69) is 22.5 Å². The Bertz CT molecular complexity index is 1310. The van der Waals surface area contributed by atoms with Gasteiger partial charge in [0.05, 0.1) is 19.2 Å². The number of pyridine rings is 1. The standard InChI is InChI=1S/C29H37F2N3O3/c1-5-23(20-12-14-33(15-13-20)17-27(30)31)34-19(3)28(21-8-6-7-9-24(21)34)25(35)11-10-22-26(37-4)16-18(2)32-29(22)36/h6-9,16,20,23,27H,5,10-15,17H2,1-4H3,(H,32,36)/t23-/m1/s1. The fourth-order valence-electron chi connectivity index (χ4n) is 6.08. The first-order chi connectivity index (χ1) is 17.7. The fourth-order valence-corrected chi connectivity index (χ4v) is 6.08. The molecule has 3 aromatic rings. The summed E-state index contributed by atoms with van der Waals surface area (Å²) in [5, 5.41) is 0.920. The Morgan fingerprint density at radius 1 is 1.19 bits per heavy atom. The number of hydrogen-bond donors (Lipinski definition) is 1. The lowest BCUT2D eigenvalue weighted by Crippen LogP contribution is -2.39. The molecule has 4 rings (SSSR count). The molecular weight excluding hydrogens is 476 g/mol. The van der Waals surface area contributed by atoms with Gasteiger partial charge in [-0.2, -0.15) is 0 Å². The number of alkyl halides is 2. The summed E-state index contributed by atoms with van der Waals surface area (Å²) in [4.78, 5) is 30.8. The average molecular weight is 514 g/mol. The highest BCUT2D eigenvalue weighted by atomic mass is 19.3. The Labute approximate surface area is 216 Å². The number of ketones is 1. The van der Waals surface area contributed by atoms with Crippen LogP contribution in [0, 0.1) is 19.8 Å². The van der Waals surface area contributed by atoms with Crippen LogP contribution in [0.2, 0.25) is 0 Å². The number of hydrogen-bond acceptors (Lipinski definition) is 4. The van der Waals surface area contributed by atoms with E-state index in [0.717, 1.165) is 35.9 Å². The van der Waals surface area contributed by atoms with Crippen LogP contribution in [-0.4, -0.2) is 53.4 Å². The summed E-state index contributed by atoms with van der Waals surface area (Å²) in [6.07, 6.45) is 0.782. The molecule has 1 aromatic carbocycles. The topological polar surface area (TPSA) is 67.3 Å². The SMILES string of the molecule is CC[C@H](C1CCN(CC(F)F)CC1)n1c(C)c(C(=O)CCc2c(OC)cc(C)[nH]c2=O)c2ccccc21. The minimum atomic E-state index is -2.31. The Hall–Kier alpha value is -3.00. The number of nitrogens with zero attached hydrogens (tertiary/aromatic N) is 2. The van der Waals surface area contributed by atoms with Crippen LogP contribution in [0.1, 0.15) is 66.0 Å². The molecule has 6 nitrogen and oxygen atoms in total. The second kappa shape index (κ2) is 11.6. The van der Waals surface area contributed by atoms with E-state index in [4.69, 9.17) is 4.74 Å². The lowest BCUT2D eigenvalue weighted by Gasteiger charge is -2.37. The Morgan fingerprint density at radius 3 is 2.54 bits per heavy atom. The molecule has 2 aromatic heterocycles. The first-order valence-electron chi connectivity index (χ1n) is 13.1. The number of carbonyl (C=O) groups is 1. The Balaban J connectivity index is 1.62. The van der Waals surface area contributed by atoms with Crippen molar-refractivity contribution in [3.8, 4) is 5.75 Å². The zero-order chi connectivity index (χ0) is 26.7. The van der Waals surface area contributed by atoms with Crippen LogP contribution in [0.4, 0.5) is 8.78 Å². The maximum absolute atomic E-state index is 13.6. The summed E-state index contributed by atoms with van der Waals surface area (Å²) < 4.78 is 33.4. The number of carbonyl (C=O) groups excluding carboxylic acids is 1. The van der Waals surface area contributed by atoms with Crippen molar-refractivity contribution in [3.63, 3.8) is 0 Å². The fraction of sp³-hybridized carbons (Fsp3) is 0.517. The third-order valence-corrected chi connectivity index (χ3v) is 7.81. The van der Waals surface area contributed by atoms with E-state index < -0.39 is 6.43 Å². The molecule has 8 heteroatoms. The summed E-state index contributed by atoms with van der Waals surface area (Å²) in [6.45, 7) is 7.13. The van der Waals surface area contributed by atoms with Crippen molar-refractivity contribution in [1.82, 2.24) is 14.5 Å². The molecule has 1 fully saturated rings. The Morgan fingerprint density at radius 2 is 1.89 bits per heavy atom. The molecule has 0 spiro atoms. The van der Waals surface area contributed by atoms with Gasteiger partial charge in [-0.05, 0) is 70.7 Å². The zero-order valence-corrected chi connectivity index (χ0v) is 22.2. The first-order valence-corrected chi connectivity index (χ1v) is 13.1. The molecule has 37 heavy (non-hydrogen) atoms. The van der Waals surface area contributed by atoms with Crippen molar-refractivity contribution in [2.24, 2.45) is 5.92 Å². The minimum Gasteiger partial charge on any atom is -0.496 e. The molecule has 0 amide bonds. The molecule has 0 aliphatic carbocycles. The molecule has 1 N–H and O–H groups in total. The number of H-pyrrole nitrogens is 1. The minimum absolute atomic E-state index is 0.00363. The number of aromatic amines is 1. The molecule has 1 aliphatic rings. The monoisotopic (exact) mass is 513 g/mol. The third-order valence-electron chi connectivity index (χ3n) is 7.81. The average Bonchev–Trinajstić information content (AvgIpc) is 3.16. The number of ether oxygens (including phenoxy) is 1. The van der Waals surface area contributed by atoms with Gasteiger partial charge in [-0.15, -0.1) is 0 Å². The number of likely N-dealkylation sites (tertiary alicyclic amines) is 1. The van der Waals surface area contributed by atoms with Crippen LogP contribution in [0.15, 0.2) is 35.1 Å². The lowest BCUT2D eigenvalue weighted by atomic mass is 9.87. The summed E-state index contributed by atoms with van der Waals surface area (Å²) >= 11 is 0. The summed E-state index contributed by atoms with van der Waals surface area (Å²) in [5.41, 5.74) is 3.61. The van der Waals surface area contributed by atoms with Gasteiger partial charge < -0.3 is 14.3 Å². The maximum Gasteiger partial charge on any atom is 0.255 e. The normalized spacial score (nSPS) is 16.0. The van der Waals surface area contributed by atoms with E-state index in [1.807, 2.05) is 30.0 Å². The van der Waals surface area contributed by atoms with E-state index in [0.29, 0.717) is 41.6 Å². The number of fused-ring (bicyclic) bond motifs is 1. The third kappa shape index (κ3) is 5.64. The van der Waals surface area contributed by atoms with Crippen molar-refractivity contribution in [2.75, 3.05) is 26.7 Å². The van der Waals surface area contributed by atoms with Gasteiger partial charge in [0.1, 0.15) is 5.75 Å². The molecule has 0 saturated carbocycles. The number of halogens is 2. The van der Waals surface area contributed by atoms with Gasteiger partial charge in [0.2, 0.25) is 0 Å². The van der Waals surface area contributed by atoms with Gasteiger partial charge in [-0.25, -0.2) is 8.78 Å². The van der Waals surface area contributed by atoms with E-state index in [-0.39, 0.29) is 36.8 Å². The highest BCUT2D eigenvalue weighted by Crippen LogP contribution is 2.38. The molecule has 1 saturated heterocycles. The highest BCUT2D eigenvalue weighted by molar-refractivity contribution is 6.09. The van der Waals surface area contributed by atoms with Crippen LogP contribution < -0.4 is 10.3 Å². The van der Waals surface area contributed by atoms with E-state index in [1.165, 1.54) is 7.11 Å². The number of nitrogens with one attached hydrogen (secondary N) is 1. The highest BCUT2D eigenvalue weighted by Gasteiger charge is 2.31. The molecule has 0 unspecified atom stereocenters. The number of para-hydroxylation sites is 1. The van der Waals surface area contributed by atoms with Crippen molar-refractivity contribution in [1.29, 1.82) is 0 Å². The molecule has 1 atom stereocenters. The number of aryl methyl sites for hydroxylation is 1. The predicted molar refractivity (Wildman–Crippen MR) is 142 cm³/mol. The van der Waals surface area contributed by atoms with Crippen LogP contribution in [-0.2, 0) is 6.42 Å². The number of aromatic nitrogens is 2. The largest absolute Gasteiger partial charge is 0.496 e.